The molecular weight excluding hydrogens is 711 g/mol. The van der Waals surface area contributed by atoms with Gasteiger partial charge in [0.05, 0.1) is 25.4 Å². The number of rotatable bonds is 38. The molecule has 0 aromatic heterocycles. The summed E-state index contributed by atoms with van der Waals surface area (Å²) < 4.78 is 11.1. The van der Waals surface area contributed by atoms with Crippen LogP contribution in [-0.2, 0) is 14.3 Å². The lowest BCUT2D eigenvalue weighted by Crippen LogP contribution is -2.60. The summed E-state index contributed by atoms with van der Waals surface area (Å²) in [5.41, 5.74) is 0. The summed E-state index contributed by atoms with van der Waals surface area (Å²) in [4.78, 5) is 13.0. The van der Waals surface area contributed by atoms with Gasteiger partial charge in [0.15, 0.2) is 6.29 Å². The van der Waals surface area contributed by atoms with Crippen LogP contribution >= 0.6 is 0 Å². The summed E-state index contributed by atoms with van der Waals surface area (Å²) in [5.74, 6) is 0.151. The van der Waals surface area contributed by atoms with Crippen LogP contribution < -0.4 is 5.32 Å². The van der Waals surface area contributed by atoms with Crippen LogP contribution in [0.2, 0.25) is 0 Å². The fourth-order valence-electron chi connectivity index (χ4n) is 7.52. The van der Waals surface area contributed by atoms with Gasteiger partial charge < -0.3 is 45.4 Å². The molecule has 0 aliphatic carbocycles. The van der Waals surface area contributed by atoms with Crippen molar-refractivity contribution in [1.29, 1.82) is 0 Å². The fraction of sp³-hybridized carbons (Fsp3) is 0.935. The smallest absolute Gasteiger partial charge is 0.249 e. The molecule has 0 saturated carbocycles. The summed E-state index contributed by atoms with van der Waals surface area (Å²) in [6, 6.07) is -0.975. The van der Waals surface area contributed by atoms with Crippen LogP contribution in [0.15, 0.2) is 12.2 Å². The molecule has 0 spiro atoms. The molecule has 1 aliphatic heterocycles. The molecule has 0 aromatic carbocycles. The largest absolute Gasteiger partial charge is 0.394 e. The molecule has 10 nitrogen and oxygen atoms in total. The third-order valence-electron chi connectivity index (χ3n) is 11.4. The van der Waals surface area contributed by atoms with Gasteiger partial charge in [-0.05, 0) is 25.2 Å². The Balaban J connectivity index is 2.36. The first kappa shape index (κ1) is 52.9. The van der Waals surface area contributed by atoms with Gasteiger partial charge in [0.1, 0.15) is 30.5 Å². The number of carbonyl (C=O) groups excluding carboxylic acids is 1. The van der Waals surface area contributed by atoms with E-state index in [0.717, 1.165) is 50.9 Å². The zero-order chi connectivity index (χ0) is 41.2. The van der Waals surface area contributed by atoms with E-state index in [1.165, 1.54) is 135 Å². The number of hydrogen-bond donors (Lipinski definition) is 7. The van der Waals surface area contributed by atoms with E-state index in [4.69, 9.17) is 9.47 Å². The molecule has 1 saturated heterocycles. The molecule has 7 N–H and O–H groups in total. The van der Waals surface area contributed by atoms with Crippen molar-refractivity contribution < 1.29 is 44.9 Å². The third-order valence-corrected chi connectivity index (χ3v) is 11.4. The van der Waals surface area contributed by atoms with Crippen LogP contribution in [0.1, 0.15) is 207 Å². The van der Waals surface area contributed by atoms with Gasteiger partial charge in [0.2, 0.25) is 5.91 Å². The normalized spacial score (nSPS) is 21.9. The minimum atomic E-state index is -1.61. The van der Waals surface area contributed by atoms with Crippen molar-refractivity contribution in [2.24, 2.45) is 5.92 Å². The Morgan fingerprint density at radius 3 is 1.55 bits per heavy atom. The van der Waals surface area contributed by atoms with Gasteiger partial charge in [0, 0.05) is 0 Å². The second kappa shape index (κ2) is 35.8. The number of ether oxygens (including phenoxy) is 2. The molecule has 1 rings (SSSR count). The predicted octanol–water partition coefficient (Wildman–Crippen LogP) is 8.55. The monoisotopic (exact) mass is 800 g/mol. The number of hydrogen-bond acceptors (Lipinski definition) is 9. The van der Waals surface area contributed by atoms with Crippen molar-refractivity contribution in [3.05, 3.63) is 12.2 Å². The topological polar surface area (TPSA) is 169 Å². The van der Waals surface area contributed by atoms with E-state index < -0.39 is 61.5 Å². The highest BCUT2D eigenvalue weighted by atomic mass is 16.7. The van der Waals surface area contributed by atoms with Crippen LogP contribution in [0.4, 0.5) is 0 Å². The van der Waals surface area contributed by atoms with Gasteiger partial charge in [-0.15, -0.1) is 0 Å². The van der Waals surface area contributed by atoms with E-state index in [1.807, 2.05) is 6.08 Å². The first-order chi connectivity index (χ1) is 27.1. The van der Waals surface area contributed by atoms with Crippen LogP contribution in [0.25, 0.3) is 0 Å². The second-order valence-electron chi connectivity index (χ2n) is 17.2. The number of unbranched alkanes of at least 4 members (excludes halogenated alkanes) is 25. The fourth-order valence-corrected chi connectivity index (χ4v) is 7.52. The van der Waals surface area contributed by atoms with E-state index in [1.54, 1.807) is 6.08 Å². The van der Waals surface area contributed by atoms with Crippen molar-refractivity contribution in [2.75, 3.05) is 13.2 Å². The highest BCUT2D eigenvalue weighted by Gasteiger charge is 2.44. The standard InChI is InChI=1S/C46H89NO9/c1-4-5-6-7-8-9-10-11-12-13-14-15-16-17-18-21-25-28-31-34-40(50)45(54)47-38(36-55-46-44(53)43(52)42(51)41(35-48)56-46)39(49)33-30-27-24-22-19-20-23-26-29-32-37(2)3/h30,33,37-44,46,48-53H,4-29,31-32,34-36H2,1-3H3,(H,47,54)/b33-30+/t38-,39+,40+,41+,42+,43-,44+,46+/m0/s1. The maximum absolute atomic E-state index is 13.0. The highest BCUT2D eigenvalue weighted by molar-refractivity contribution is 5.80. The van der Waals surface area contributed by atoms with Gasteiger partial charge in [-0.2, -0.15) is 0 Å². The maximum atomic E-state index is 13.0. The van der Waals surface area contributed by atoms with Crippen LogP contribution in [0.3, 0.4) is 0 Å². The number of allylic oxidation sites excluding steroid dienone is 1. The summed E-state index contributed by atoms with van der Waals surface area (Å²) in [6.45, 7) is 5.90. The molecule has 56 heavy (non-hydrogen) atoms. The van der Waals surface area contributed by atoms with Crippen molar-refractivity contribution in [3.63, 3.8) is 0 Å². The van der Waals surface area contributed by atoms with Crippen molar-refractivity contribution in [2.45, 2.75) is 256 Å². The van der Waals surface area contributed by atoms with E-state index in [2.05, 4.69) is 26.1 Å². The number of carbonyl (C=O) groups is 1. The molecule has 1 amide bonds. The summed E-state index contributed by atoms with van der Waals surface area (Å²) in [6.07, 6.45) is 28.8. The lowest BCUT2D eigenvalue weighted by Gasteiger charge is -2.40. The zero-order valence-electron chi connectivity index (χ0n) is 36.2. The van der Waals surface area contributed by atoms with Gasteiger partial charge in [-0.1, -0.05) is 200 Å². The molecule has 0 unspecified atom stereocenters. The number of aliphatic hydroxyl groups is 6. The maximum Gasteiger partial charge on any atom is 0.249 e. The summed E-state index contributed by atoms with van der Waals surface area (Å²) in [7, 11) is 0. The van der Waals surface area contributed by atoms with Gasteiger partial charge in [-0.25, -0.2) is 0 Å². The molecule has 1 heterocycles. The highest BCUT2D eigenvalue weighted by Crippen LogP contribution is 2.23. The SMILES string of the molecule is CCCCCCCCCCCCCCCCCCCCC[C@@H](O)C(=O)N[C@@H](CO[C@@H]1O[C@H](CO)[C@@H](O)[C@H](O)[C@H]1O)[C@H](O)/C=C/CCCCCCCCCC(C)C. The minimum absolute atomic E-state index is 0.303. The van der Waals surface area contributed by atoms with Crippen LogP contribution in [-0.4, -0.2) is 98.7 Å². The van der Waals surface area contributed by atoms with Crippen molar-refractivity contribution in [3.8, 4) is 0 Å². The molecule has 332 valence electrons. The number of amides is 1. The lowest BCUT2D eigenvalue weighted by molar-refractivity contribution is -0.302. The molecule has 1 aliphatic rings. The van der Waals surface area contributed by atoms with Gasteiger partial charge in [0.25, 0.3) is 0 Å². The molecule has 0 radical (unpaired) electrons. The Kier molecular flexibility index (Phi) is 33.8. The molecule has 8 atom stereocenters. The van der Waals surface area contributed by atoms with Crippen molar-refractivity contribution >= 4 is 5.91 Å². The number of nitrogens with one attached hydrogen (secondary N) is 1. The minimum Gasteiger partial charge on any atom is -0.394 e. The van der Waals surface area contributed by atoms with Gasteiger partial charge >= 0.3 is 0 Å². The van der Waals surface area contributed by atoms with E-state index in [0.29, 0.717) is 6.42 Å². The average Bonchev–Trinajstić information content (AvgIpc) is 3.18. The summed E-state index contributed by atoms with van der Waals surface area (Å²) >= 11 is 0. The molecular formula is C46H89NO9. The molecule has 0 aromatic rings. The zero-order valence-corrected chi connectivity index (χ0v) is 36.2. The Labute approximate surface area is 342 Å². The molecule has 10 heteroatoms. The Hall–Kier alpha value is -1.11. The van der Waals surface area contributed by atoms with Crippen molar-refractivity contribution in [1.82, 2.24) is 5.32 Å². The summed E-state index contributed by atoms with van der Waals surface area (Å²) in [5, 5.41) is 64.6. The second-order valence-corrected chi connectivity index (χ2v) is 17.2. The third kappa shape index (κ3) is 26.8. The van der Waals surface area contributed by atoms with E-state index in [-0.39, 0.29) is 6.61 Å². The molecule has 0 bridgehead atoms. The van der Waals surface area contributed by atoms with Gasteiger partial charge in [-0.3, -0.25) is 4.79 Å². The Morgan fingerprint density at radius 1 is 0.643 bits per heavy atom. The Bertz CT molecular complexity index is 919. The van der Waals surface area contributed by atoms with Crippen LogP contribution in [0, 0.1) is 5.92 Å². The van der Waals surface area contributed by atoms with E-state index in [9.17, 15) is 35.4 Å². The van der Waals surface area contributed by atoms with E-state index >= 15 is 0 Å². The first-order valence-corrected chi connectivity index (χ1v) is 23.4. The number of aliphatic hydroxyl groups excluding tert-OH is 6. The lowest BCUT2D eigenvalue weighted by atomic mass is 9.99. The Morgan fingerprint density at radius 2 is 1.09 bits per heavy atom. The quantitative estimate of drug-likeness (QED) is 0.0239. The molecule has 1 fully saturated rings. The predicted molar refractivity (Wildman–Crippen MR) is 227 cm³/mol. The first-order valence-electron chi connectivity index (χ1n) is 23.4. The van der Waals surface area contributed by atoms with Crippen LogP contribution in [0.5, 0.6) is 0 Å². The average molecular weight is 800 g/mol.